The van der Waals surface area contributed by atoms with Gasteiger partial charge in [-0.2, -0.15) is 0 Å². The van der Waals surface area contributed by atoms with Gasteiger partial charge in [0.25, 0.3) is 0 Å². The first-order valence-corrected chi connectivity index (χ1v) is 4.59. The molecule has 0 aliphatic carbocycles. The molecule has 1 saturated heterocycles. The number of nitrogens with zero attached hydrogens (tertiary/aromatic N) is 2. The van der Waals surface area contributed by atoms with E-state index in [-0.39, 0.29) is 0 Å². The monoisotopic (exact) mass is 175 g/mol. The molecule has 2 heterocycles. The predicted molar refractivity (Wildman–Crippen MR) is 52.0 cm³/mol. The Bertz CT molecular complexity index is 275. The van der Waals surface area contributed by atoms with Crippen molar-refractivity contribution in [2.45, 2.75) is 6.42 Å². The maximum atomic E-state index is 3.95. The minimum atomic E-state index is 0.681. The molecule has 0 aromatic carbocycles. The van der Waals surface area contributed by atoms with Crippen LogP contribution in [-0.4, -0.2) is 23.1 Å². The van der Waals surface area contributed by atoms with Crippen LogP contribution in [0.5, 0.6) is 0 Å². The molecule has 0 unspecified atom stereocenters. The van der Waals surface area contributed by atoms with Crippen LogP contribution in [0, 0.1) is 5.92 Å². The molecule has 3 heteroatoms. The molecule has 68 valence electrons. The summed E-state index contributed by atoms with van der Waals surface area (Å²) < 4.78 is 0. The number of rotatable bonds is 2. The molecule has 1 aromatic heterocycles. The molecule has 13 heavy (non-hydrogen) atoms. The van der Waals surface area contributed by atoms with Crippen molar-refractivity contribution in [2.24, 2.45) is 5.92 Å². The highest BCUT2D eigenvalue weighted by molar-refractivity contribution is 5.46. The van der Waals surface area contributed by atoms with Gasteiger partial charge in [0.15, 0.2) is 0 Å². The molecule has 1 fully saturated rings. The molecule has 1 aliphatic rings. The summed E-state index contributed by atoms with van der Waals surface area (Å²) in [6.45, 7) is 2.24. The Hall–Kier alpha value is -1.22. The second-order valence-electron chi connectivity index (χ2n) is 3.28. The summed E-state index contributed by atoms with van der Waals surface area (Å²) in [6.07, 6.45) is 10.8. The van der Waals surface area contributed by atoms with E-state index >= 15 is 0 Å². The van der Waals surface area contributed by atoms with Gasteiger partial charge in [0.2, 0.25) is 0 Å². The minimum Gasteiger partial charge on any atom is -0.316 e. The average molecular weight is 175 g/mol. The molecule has 0 radical (unpaired) electrons. The lowest BCUT2D eigenvalue weighted by atomic mass is 10.1. The summed E-state index contributed by atoms with van der Waals surface area (Å²) in [4.78, 5) is 7.90. The van der Waals surface area contributed by atoms with Crippen molar-refractivity contribution in [3.8, 4) is 0 Å². The number of aromatic nitrogens is 2. The first kappa shape index (κ1) is 8.38. The van der Waals surface area contributed by atoms with Gasteiger partial charge < -0.3 is 5.32 Å². The smallest absolute Gasteiger partial charge is 0.115 e. The van der Waals surface area contributed by atoms with E-state index in [1.54, 1.807) is 6.33 Å². The molecule has 1 N–H and O–H groups in total. The topological polar surface area (TPSA) is 37.8 Å². The summed E-state index contributed by atoms with van der Waals surface area (Å²) >= 11 is 0. The first-order chi connectivity index (χ1) is 6.45. The lowest BCUT2D eigenvalue weighted by Gasteiger charge is -1.98. The summed E-state index contributed by atoms with van der Waals surface area (Å²) in [6, 6.07) is 0. The van der Waals surface area contributed by atoms with E-state index in [2.05, 4.69) is 27.4 Å². The van der Waals surface area contributed by atoms with Gasteiger partial charge in [-0.05, 0) is 18.9 Å². The summed E-state index contributed by atoms with van der Waals surface area (Å²) in [7, 11) is 0. The van der Waals surface area contributed by atoms with E-state index in [0.29, 0.717) is 5.92 Å². The van der Waals surface area contributed by atoms with Gasteiger partial charge in [-0.25, -0.2) is 9.97 Å². The number of hydrogen-bond donors (Lipinski definition) is 1. The SMILES string of the molecule is C(=C\[C@H]1CCNC1)/c1cncnc1. The van der Waals surface area contributed by atoms with Crippen molar-refractivity contribution >= 4 is 6.08 Å². The van der Waals surface area contributed by atoms with Gasteiger partial charge >= 0.3 is 0 Å². The highest BCUT2D eigenvalue weighted by atomic mass is 14.9. The van der Waals surface area contributed by atoms with Crippen molar-refractivity contribution in [3.05, 3.63) is 30.4 Å². The van der Waals surface area contributed by atoms with Crippen LogP contribution in [0.25, 0.3) is 6.08 Å². The summed E-state index contributed by atoms with van der Waals surface area (Å²) in [5.41, 5.74) is 1.08. The lowest BCUT2D eigenvalue weighted by Crippen LogP contribution is -2.07. The van der Waals surface area contributed by atoms with Gasteiger partial charge in [0, 0.05) is 24.5 Å². The molecule has 0 bridgehead atoms. The van der Waals surface area contributed by atoms with Crippen molar-refractivity contribution in [1.82, 2.24) is 15.3 Å². The fourth-order valence-corrected chi connectivity index (χ4v) is 1.49. The van der Waals surface area contributed by atoms with E-state index < -0.39 is 0 Å². The molecule has 1 aliphatic heterocycles. The second-order valence-corrected chi connectivity index (χ2v) is 3.28. The zero-order valence-corrected chi connectivity index (χ0v) is 7.48. The zero-order chi connectivity index (χ0) is 8.93. The Morgan fingerprint density at radius 3 is 2.92 bits per heavy atom. The molecular weight excluding hydrogens is 162 g/mol. The molecular formula is C10H13N3. The fraction of sp³-hybridized carbons (Fsp3) is 0.400. The van der Waals surface area contributed by atoms with Crippen LogP contribution in [0.1, 0.15) is 12.0 Å². The van der Waals surface area contributed by atoms with Gasteiger partial charge in [-0.1, -0.05) is 12.2 Å². The van der Waals surface area contributed by atoms with Gasteiger partial charge in [-0.15, -0.1) is 0 Å². The third-order valence-electron chi connectivity index (χ3n) is 2.24. The Morgan fingerprint density at radius 1 is 1.38 bits per heavy atom. The van der Waals surface area contributed by atoms with Crippen molar-refractivity contribution < 1.29 is 0 Å². The molecule has 0 saturated carbocycles. The molecule has 3 nitrogen and oxygen atoms in total. The van der Waals surface area contributed by atoms with Crippen LogP contribution < -0.4 is 5.32 Å². The Labute approximate surface area is 77.9 Å². The number of hydrogen-bond acceptors (Lipinski definition) is 3. The Kier molecular flexibility index (Phi) is 2.67. The third-order valence-corrected chi connectivity index (χ3v) is 2.24. The lowest BCUT2D eigenvalue weighted by molar-refractivity contribution is 0.731. The third kappa shape index (κ3) is 2.36. The van der Waals surface area contributed by atoms with Crippen molar-refractivity contribution in [2.75, 3.05) is 13.1 Å². The van der Waals surface area contributed by atoms with E-state index in [1.165, 1.54) is 6.42 Å². The zero-order valence-electron chi connectivity index (χ0n) is 7.48. The van der Waals surface area contributed by atoms with Crippen LogP contribution in [0.15, 0.2) is 24.8 Å². The van der Waals surface area contributed by atoms with Crippen LogP contribution in [-0.2, 0) is 0 Å². The maximum Gasteiger partial charge on any atom is 0.115 e. The predicted octanol–water partition coefficient (Wildman–Crippen LogP) is 1.10. The Balaban J connectivity index is 1.97. The average Bonchev–Trinajstić information content (AvgIpc) is 2.69. The molecule has 0 amide bonds. The van der Waals surface area contributed by atoms with E-state index in [4.69, 9.17) is 0 Å². The van der Waals surface area contributed by atoms with Crippen LogP contribution >= 0.6 is 0 Å². The molecule has 1 atom stereocenters. The first-order valence-electron chi connectivity index (χ1n) is 4.59. The van der Waals surface area contributed by atoms with E-state index in [1.807, 2.05) is 12.4 Å². The molecule has 1 aromatic rings. The fourth-order valence-electron chi connectivity index (χ4n) is 1.49. The van der Waals surface area contributed by atoms with Crippen molar-refractivity contribution in [1.29, 1.82) is 0 Å². The molecule has 2 rings (SSSR count). The minimum absolute atomic E-state index is 0.681. The van der Waals surface area contributed by atoms with Gasteiger partial charge in [-0.3, -0.25) is 0 Å². The largest absolute Gasteiger partial charge is 0.316 e. The van der Waals surface area contributed by atoms with Crippen LogP contribution in [0.2, 0.25) is 0 Å². The van der Waals surface area contributed by atoms with Crippen LogP contribution in [0.4, 0.5) is 0 Å². The molecule has 0 spiro atoms. The highest BCUT2D eigenvalue weighted by Gasteiger charge is 2.09. The number of nitrogens with one attached hydrogen (secondary N) is 1. The standard InChI is InChI=1S/C10H13N3/c1(9-3-4-11-5-9)2-10-6-12-8-13-7-10/h1-2,6-9,11H,3-5H2/b2-1+/t9-/m0/s1. The summed E-state index contributed by atoms with van der Waals surface area (Å²) in [5.74, 6) is 0.681. The highest BCUT2D eigenvalue weighted by Crippen LogP contribution is 2.10. The van der Waals surface area contributed by atoms with E-state index in [0.717, 1.165) is 18.7 Å². The van der Waals surface area contributed by atoms with Gasteiger partial charge in [0.05, 0.1) is 0 Å². The van der Waals surface area contributed by atoms with Crippen molar-refractivity contribution in [3.63, 3.8) is 0 Å². The van der Waals surface area contributed by atoms with E-state index in [9.17, 15) is 0 Å². The summed E-state index contributed by atoms with van der Waals surface area (Å²) in [5, 5.41) is 3.33. The van der Waals surface area contributed by atoms with Crippen LogP contribution in [0.3, 0.4) is 0 Å². The normalized spacial score (nSPS) is 22.6. The Morgan fingerprint density at radius 2 is 2.23 bits per heavy atom. The quantitative estimate of drug-likeness (QED) is 0.731. The van der Waals surface area contributed by atoms with Gasteiger partial charge in [0.1, 0.15) is 6.33 Å². The second kappa shape index (κ2) is 4.14. The maximum absolute atomic E-state index is 3.95.